The Morgan fingerprint density at radius 3 is 2.74 bits per heavy atom. The van der Waals surface area contributed by atoms with Crippen LogP contribution in [-0.4, -0.2) is 48.6 Å². The molecule has 0 aliphatic carbocycles. The lowest BCUT2D eigenvalue weighted by atomic mass is 9.87. The summed E-state index contributed by atoms with van der Waals surface area (Å²) in [5.74, 6) is 1.55. The van der Waals surface area contributed by atoms with Crippen molar-refractivity contribution in [1.82, 2.24) is 10.2 Å². The quantitative estimate of drug-likeness (QED) is 0.322. The molecule has 1 unspecified atom stereocenters. The number of benzene rings is 4. The van der Waals surface area contributed by atoms with Crippen LogP contribution in [0.3, 0.4) is 0 Å². The number of hydrogen-bond acceptors (Lipinski definition) is 6. The van der Waals surface area contributed by atoms with E-state index in [1.54, 1.807) is 13.2 Å². The monoisotopic (exact) mass is 578 g/mol. The van der Waals surface area contributed by atoms with Gasteiger partial charge in [0, 0.05) is 13.1 Å². The molecule has 0 fully saturated rings. The van der Waals surface area contributed by atoms with Gasteiger partial charge >= 0.3 is 0 Å². The minimum Gasteiger partial charge on any atom is -0.507 e. The van der Waals surface area contributed by atoms with E-state index < -0.39 is 5.91 Å². The number of methoxy groups -OCH3 is 1. The third kappa shape index (κ3) is 6.00. The van der Waals surface area contributed by atoms with Gasteiger partial charge in [-0.2, -0.15) is 0 Å². The fraction of sp³-hybridized carbons (Fsp3) is 0.257. The standard InChI is InChI=1S/C35H34N2O6/c1-22-6-3-7-23(16-22)17-33(39)37-14-12-24-19-32-31(41-2)21-28(24)34(37)25-8-4-9-26(18-25)42-15-5-13-36-35(40)29-20-27(43-32)10-11-30(29)38/h3-4,6-11,16,18-21,34,38H,5,12-15,17H2,1-2H3,(H,36,40). The number of amides is 2. The van der Waals surface area contributed by atoms with E-state index in [9.17, 15) is 14.7 Å². The fourth-order valence-electron chi connectivity index (χ4n) is 5.81. The summed E-state index contributed by atoms with van der Waals surface area (Å²) in [5.41, 5.74) is 5.14. The van der Waals surface area contributed by atoms with E-state index in [2.05, 4.69) is 11.4 Å². The normalized spacial score (nSPS) is 16.3. The first-order valence-electron chi connectivity index (χ1n) is 14.5. The van der Waals surface area contributed by atoms with Crippen LogP contribution in [0, 0.1) is 6.92 Å². The van der Waals surface area contributed by atoms with Crippen molar-refractivity contribution in [2.45, 2.75) is 32.2 Å². The molecule has 220 valence electrons. The number of rotatable bonds is 3. The van der Waals surface area contributed by atoms with Crippen molar-refractivity contribution in [3.8, 4) is 28.7 Å². The predicted molar refractivity (Wildman–Crippen MR) is 162 cm³/mol. The molecule has 2 amide bonds. The molecule has 2 N–H and O–H groups in total. The Balaban J connectivity index is 1.45. The van der Waals surface area contributed by atoms with Crippen LogP contribution in [0.4, 0.5) is 0 Å². The smallest absolute Gasteiger partial charge is 0.255 e. The lowest BCUT2D eigenvalue weighted by molar-refractivity contribution is -0.132. The number of phenolic OH excluding ortho intramolecular Hbond substituents is 1. The number of aryl methyl sites for hydroxylation is 1. The molecule has 8 bridgehead atoms. The highest BCUT2D eigenvalue weighted by Crippen LogP contribution is 2.43. The third-order valence-corrected chi connectivity index (χ3v) is 7.90. The number of carbonyl (C=O) groups excluding carboxylic acids is 2. The van der Waals surface area contributed by atoms with Gasteiger partial charge in [-0.25, -0.2) is 0 Å². The lowest BCUT2D eigenvalue weighted by Crippen LogP contribution is -2.41. The van der Waals surface area contributed by atoms with Gasteiger partial charge in [0.1, 0.15) is 17.2 Å². The third-order valence-electron chi connectivity index (χ3n) is 7.90. The Morgan fingerprint density at radius 2 is 1.91 bits per heavy atom. The molecule has 43 heavy (non-hydrogen) atoms. The van der Waals surface area contributed by atoms with Gasteiger partial charge in [-0.05, 0) is 84.5 Å². The number of phenols is 1. The molecule has 0 saturated heterocycles. The number of nitrogens with one attached hydrogen (secondary N) is 1. The molecule has 3 aliphatic heterocycles. The number of ether oxygens (including phenoxy) is 3. The maximum atomic E-state index is 13.9. The van der Waals surface area contributed by atoms with E-state index in [-0.39, 0.29) is 23.3 Å². The van der Waals surface area contributed by atoms with Crippen molar-refractivity contribution < 1.29 is 28.9 Å². The van der Waals surface area contributed by atoms with Crippen LogP contribution < -0.4 is 19.5 Å². The van der Waals surface area contributed by atoms with Gasteiger partial charge in [0.15, 0.2) is 11.5 Å². The van der Waals surface area contributed by atoms with E-state index in [4.69, 9.17) is 14.2 Å². The van der Waals surface area contributed by atoms with Crippen molar-refractivity contribution in [2.75, 3.05) is 26.8 Å². The average Bonchev–Trinajstić information content (AvgIpc) is 3.00. The molecule has 4 aromatic rings. The first-order chi connectivity index (χ1) is 20.9. The first kappa shape index (κ1) is 28.2. The Bertz CT molecular complexity index is 1680. The molecule has 0 saturated carbocycles. The summed E-state index contributed by atoms with van der Waals surface area (Å²) >= 11 is 0. The van der Waals surface area contributed by atoms with Gasteiger partial charge in [0.05, 0.1) is 31.7 Å². The summed E-state index contributed by atoms with van der Waals surface area (Å²) in [5, 5.41) is 13.2. The van der Waals surface area contributed by atoms with E-state index in [0.717, 1.165) is 27.8 Å². The summed E-state index contributed by atoms with van der Waals surface area (Å²) in [6.45, 7) is 3.31. The molecule has 0 aromatic heterocycles. The Morgan fingerprint density at radius 1 is 1.05 bits per heavy atom. The van der Waals surface area contributed by atoms with Crippen LogP contribution in [0.25, 0.3) is 0 Å². The number of aromatic hydroxyl groups is 1. The molecule has 1 atom stereocenters. The van der Waals surface area contributed by atoms with Crippen LogP contribution in [0.2, 0.25) is 0 Å². The molecule has 0 radical (unpaired) electrons. The van der Waals surface area contributed by atoms with E-state index >= 15 is 0 Å². The highest BCUT2D eigenvalue weighted by Gasteiger charge is 2.34. The minimum absolute atomic E-state index is 0.0429. The zero-order valence-electron chi connectivity index (χ0n) is 24.3. The molecule has 0 spiro atoms. The van der Waals surface area contributed by atoms with Crippen LogP contribution in [0.5, 0.6) is 28.7 Å². The lowest BCUT2D eigenvalue weighted by Gasteiger charge is -2.38. The molecule has 3 heterocycles. The molecule has 4 aromatic carbocycles. The summed E-state index contributed by atoms with van der Waals surface area (Å²) in [4.78, 5) is 28.7. The van der Waals surface area contributed by atoms with Crippen molar-refractivity contribution in [3.63, 3.8) is 0 Å². The summed E-state index contributed by atoms with van der Waals surface area (Å²) in [7, 11) is 1.57. The number of hydrogen-bond donors (Lipinski definition) is 2. The van der Waals surface area contributed by atoms with E-state index in [0.29, 0.717) is 62.0 Å². The Labute approximate surface area is 250 Å². The largest absolute Gasteiger partial charge is 0.507 e. The second kappa shape index (κ2) is 12.1. The van der Waals surface area contributed by atoms with Crippen molar-refractivity contribution >= 4 is 11.8 Å². The van der Waals surface area contributed by atoms with Gasteiger partial charge < -0.3 is 29.5 Å². The zero-order valence-corrected chi connectivity index (χ0v) is 24.3. The Hall–Kier alpha value is -4.98. The minimum atomic E-state index is -0.401. The van der Waals surface area contributed by atoms with Crippen molar-refractivity contribution in [3.05, 3.63) is 112 Å². The van der Waals surface area contributed by atoms with Crippen LogP contribution in [-0.2, 0) is 17.6 Å². The fourth-order valence-corrected chi connectivity index (χ4v) is 5.81. The van der Waals surface area contributed by atoms with Gasteiger partial charge in [-0.1, -0.05) is 42.0 Å². The molecule has 8 heteroatoms. The van der Waals surface area contributed by atoms with Crippen LogP contribution in [0.1, 0.15) is 50.6 Å². The number of carbonyl (C=O) groups is 2. The second-order valence-electron chi connectivity index (χ2n) is 10.9. The van der Waals surface area contributed by atoms with E-state index in [1.807, 2.05) is 66.4 Å². The molecular weight excluding hydrogens is 544 g/mol. The van der Waals surface area contributed by atoms with Gasteiger partial charge in [0.2, 0.25) is 5.91 Å². The van der Waals surface area contributed by atoms with Crippen molar-refractivity contribution in [1.29, 1.82) is 0 Å². The zero-order chi connectivity index (χ0) is 29.9. The molecule has 3 aliphatic rings. The van der Waals surface area contributed by atoms with Crippen LogP contribution >= 0.6 is 0 Å². The van der Waals surface area contributed by atoms with Gasteiger partial charge in [0.25, 0.3) is 5.91 Å². The number of fused-ring (bicyclic) bond motifs is 6. The van der Waals surface area contributed by atoms with Gasteiger partial charge in [-0.15, -0.1) is 0 Å². The maximum absolute atomic E-state index is 13.9. The van der Waals surface area contributed by atoms with Gasteiger partial charge in [-0.3, -0.25) is 9.59 Å². The molecular formula is C35H34N2O6. The second-order valence-corrected chi connectivity index (χ2v) is 10.9. The topological polar surface area (TPSA) is 97.3 Å². The maximum Gasteiger partial charge on any atom is 0.255 e. The first-order valence-corrected chi connectivity index (χ1v) is 14.5. The molecule has 7 rings (SSSR count). The summed E-state index contributed by atoms with van der Waals surface area (Å²) in [6.07, 6.45) is 1.50. The SMILES string of the molecule is COc1cc2c3cc1Oc1ccc(O)c(c1)C(=O)NCCCOc1cccc(c1)C2N(C(=O)Cc1cccc(C)c1)CC3. The highest BCUT2D eigenvalue weighted by molar-refractivity contribution is 5.97. The summed E-state index contributed by atoms with van der Waals surface area (Å²) in [6, 6.07) is 24.0. The van der Waals surface area contributed by atoms with E-state index in [1.165, 1.54) is 12.1 Å². The summed E-state index contributed by atoms with van der Waals surface area (Å²) < 4.78 is 18.1. The predicted octanol–water partition coefficient (Wildman–Crippen LogP) is 5.73. The number of nitrogens with zero attached hydrogens (tertiary/aromatic N) is 1. The van der Waals surface area contributed by atoms with Crippen molar-refractivity contribution in [2.24, 2.45) is 0 Å². The molecule has 8 nitrogen and oxygen atoms in total. The Kier molecular flexibility index (Phi) is 7.92. The van der Waals surface area contributed by atoms with Crippen LogP contribution in [0.15, 0.2) is 78.9 Å². The average molecular weight is 579 g/mol. The highest BCUT2D eigenvalue weighted by atomic mass is 16.5.